The molecule has 0 fully saturated rings. The van der Waals surface area contributed by atoms with E-state index in [2.05, 4.69) is 11.0 Å². The molecule has 0 bridgehead atoms. The summed E-state index contributed by atoms with van der Waals surface area (Å²) < 4.78 is 85.1. The highest BCUT2D eigenvalue weighted by Crippen LogP contribution is 2.36. The van der Waals surface area contributed by atoms with Crippen molar-refractivity contribution in [2.45, 2.75) is 70.6 Å². The van der Waals surface area contributed by atoms with Crippen molar-refractivity contribution in [1.82, 2.24) is 14.7 Å². The third-order valence-corrected chi connectivity index (χ3v) is 5.79. The Balaban J connectivity index is 1.64. The Hall–Kier alpha value is -3.49. The Labute approximate surface area is 209 Å². The normalized spacial score (nSPS) is 14.0. The zero-order valence-corrected chi connectivity index (χ0v) is 19.8. The number of rotatable bonds is 8. The Bertz CT molecular complexity index is 1130. The van der Waals surface area contributed by atoms with E-state index >= 15 is 0 Å². The van der Waals surface area contributed by atoms with Crippen molar-refractivity contribution >= 4 is 11.9 Å². The molecule has 1 aromatic carbocycles. The van der Waals surface area contributed by atoms with Crippen molar-refractivity contribution in [2.24, 2.45) is 0 Å². The van der Waals surface area contributed by atoms with Crippen LogP contribution >= 0.6 is 0 Å². The molecule has 6 nitrogen and oxygen atoms in total. The van der Waals surface area contributed by atoms with Gasteiger partial charge in [-0.1, -0.05) is 6.42 Å². The number of hydrogen-bond donors (Lipinski definition) is 0. The molecular weight excluding hydrogens is 504 g/mol. The van der Waals surface area contributed by atoms with Crippen LogP contribution in [0.5, 0.6) is 0 Å². The molecule has 0 aliphatic carbocycles. The largest absolute Gasteiger partial charge is 0.445 e. The highest BCUT2D eigenvalue weighted by molar-refractivity contribution is 5.94. The Morgan fingerprint density at radius 3 is 2.27 bits per heavy atom. The van der Waals surface area contributed by atoms with Crippen molar-refractivity contribution in [2.75, 3.05) is 6.54 Å². The quantitative estimate of drug-likeness (QED) is 0.176. The number of ether oxygens (including phenoxy) is 1. The van der Waals surface area contributed by atoms with Crippen molar-refractivity contribution in [3.63, 3.8) is 0 Å². The van der Waals surface area contributed by atoms with Gasteiger partial charge in [0, 0.05) is 25.9 Å². The first-order valence-electron chi connectivity index (χ1n) is 11.6. The molecule has 2 aromatic rings. The van der Waals surface area contributed by atoms with E-state index in [1.54, 1.807) is 10.7 Å². The van der Waals surface area contributed by atoms with E-state index in [1.807, 2.05) is 0 Å². The molecule has 0 atom stereocenters. The van der Waals surface area contributed by atoms with Crippen LogP contribution in [0.15, 0.2) is 24.3 Å². The van der Waals surface area contributed by atoms with Gasteiger partial charge in [0.2, 0.25) is 0 Å². The molecule has 12 heteroatoms. The lowest BCUT2D eigenvalue weighted by molar-refractivity contribution is -0.143. The molecular formula is C25H25F6N3O3. The van der Waals surface area contributed by atoms with E-state index in [0.717, 1.165) is 12.8 Å². The summed E-state index contributed by atoms with van der Waals surface area (Å²) in [6, 6.07) is 2.63. The predicted molar refractivity (Wildman–Crippen MR) is 120 cm³/mol. The van der Waals surface area contributed by atoms with Crippen LogP contribution in [0.4, 0.5) is 31.1 Å². The summed E-state index contributed by atoms with van der Waals surface area (Å²) in [5.74, 6) is 2.40. The van der Waals surface area contributed by atoms with Crippen LogP contribution < -0.4 is 0 Å². The van der Waals surface area contributed by atoms with Gasteiger partial charge in [-0.05, 0) is 49.1 Å². The number of fused-ring (bicyclic) bond motifs is 1. The van der Waals surface area contributed by atoms with Crippen LogP contribution in [0.3, 0.4) is 0 Å². The van der Waals surface area contributed by atoms with E-state index in [4.69, 9.17) is 11.2 Å². The molecule has 0 N–H and O–H groups in total. The fourth-order valence-electron chi connectivity index (χ4n) is 3.91. The monoisotopic (exact) mass is 529 g/mol. The molecule has 2 heterocycles. The first-order chi connectivity index (χ1) is 17.4. The van der Waals surface area contributed by atoms with Crippen LogP contribution in [-0.4, -0.2) is 33.1 Å². The summed E-state index contributed by atoms with van der Waals surface area (Å²) in [5.41, 5.74) is -2.57. The second kappa shape index (κ2) is 11.7. The second-order valence-corrected chi connectivity index (χ2v) is 8.68. The van der Waals surface area contributed by atoms with Crippen LogP contribution in [0.1, 0.15) is 71.4 Å². The third kappa shape index (κ3) is 7.74. The second-order valence-electron chi connectivity index (χ2n) is 8.68. The van der Waals surface area contributed by atoms with E-state index < -0.39 is 41.7 Å². The molecule has 3 rings (SSSR count). The summed E-state index contributed by atoms with van der Waals surface area (Å²) >= 11 is 0. The van der Waals surface area contributed by atoms with Gasteiger partial charge in [-0.15, -0.1) is 12.3 Å². The number of hydrogen-bond acceptors (Lipinski definition) is 4. The topological polar surface area (TPSA) is 64.4 Å². The Morgan fingerprint density at radius 2 is 1.65 bits per heavy atom. The summed E-state index contributed by atoms with van der Waals surface area (Å²) in [7, 11) is 0. The maximum atomic E-state index is 13.1. The van der Waals surface area contributed by atoms with Gasteiger partial charge in [-0.2, -0.15) is 31.4 Å². The molecule has 1 aliphatic rings. The predicted octanol–water partition coefficient (Wildman–Crippen LogP) is 6.23. The lowest BCUT2D eigenvalue weighted by Gasteiger charge is -2.20. The van der Waals surface area contributed by atoms with Crippen molar-refractivity contribution < 1.29 is 40.7 Å². The number of Topliss-reactive ketones (excluding diaryl/α,β-unsaturated/α-hetero) is 1. The molecule has 1 amide bonds. The van der Waals surface area contributed by atoms with Crippen LogP contribution in [-0.2, 0) is 36.8 Å². The van der Waals surface area contributed by atoms with Crippen molar-refractivity contribution in [1.29, 1.82) is 0 Å². The first kappa shape index (κ1) is 28.1. The molecule has 200 valence electrons. The lowest BCUT2D eigenvalue weighted by Crippen LogP contribution is -2.31. The summed E-state index contributed by atoms with van der Waals surface area (Å²) in [5, 5.41) is 4.32. The average molecular weight is 529 g/mol. The fraction of sp³-hybridized carbons (Fsp3) is 0.480. The number of aryl methyl sites for hydroxylation is 1. The number of carbonyl (C=O) groups excluding carboxylic acids is 2. The molecule has 1 aliphatic heterocycles. The molecule has 0 unspecified atom stereocenters. The molecule has 1 aromatic heterocycles. The number of ketones is 1. The standard InChI is InChI=1S/C25H25F6N3O3/c1-2-3-4-5-6-8-22(35)21-14-20-15-33(9-7-10-34(20)32-21)23(36)37-16-17-11-18(24(26,27)28)13-19(12-17)25(29,30)31/h1,11-14H,3-10,15-16H2. The van der Waals surface area contributed by atoms with Crippen LogP contribution in [0.25, 0.3) is 0 Å². The number of halogens is 6. The number of amides is 1. The molecule has 0 saturated carbocycles. The number of terminal acetylenes is 1. The summed E-state index contributed by atoms with van der Waals surface area (Å²) in [4.78, 5) is 26.4. The fourth-order valence-corrected chi connectivity index (χ4v) is 3.91. The number of nitrogens with zero attached hydrogens (tertiary/aromatic N) is 3. The van der Waals surface area contributed by atoms with E-state index in [1.165, 1.54) is 4.90 Å². The third-order valence-electron chi connectivity index (χ3n) is 5.79. The minimum absolute atomic E-state index is 0.0114. The van der Waals surface area contributed by atoms with Gasteiger partial charge in [-0.25, -0.2) is 4.79 Å². The summed E-state index contributed by atoms with van der Waals surface area (Å²) in [6.45, 7) is -0.0864. The summed E-state index contributed by atoms with van der Waals surface area (Å²) in [6.07, 6.45) is -1.95. The SMILES string of the molecule is C#CCCCCCC(=O)c1cc2n(n1)CCCN(C(=O)OCc1cc(C(F)(F)F)cc(C(F)(F)F)c1)C2. The highest BCUT2D eigenvalue weighted by atomic mass is 19.4. The minimum atomic E-state index is -5.00. The minimum Gasteiger partial charge on any atom is -0.445 e. The average Bonchev–Trinajstić information content (AvgIpc) is 3.12. The van der Waals surface area contributed by atoms with Crippen LogP contribution in [0.2, 0.25) is 0 Å². The maximum Gasteiger partial charge on any atom is 0.416 e. The number of carbonyl (C=O) groups is 2. The van der Waals surface area contributed by atoms with Gasteiger partial charge in [0.25, 0.3) is 0 Å². The Morgan fingerprint density at radius 1 is 0.973 bits per heavy atom. The van der Waals surface area contributed by atoms with Gasteiger partial charge in [-0.3, -0.25) is 9.48 Å². The van der Waals surface area contributed by atoms with Gasteiger partial charge in [0.05, 0.1) is 23.4 Å². The van der Waals surface area contributed by atoms with E-state index in [-0.39, 0.29) is 30.6 Å². The van der Waals surface area contributed by atoms with Gasteiger partial charge in [0.1, 0.15) is 12.3 Å². The zero-order valence-electron chi connectivity index (χ0n) is 19.8. The van der Waals surface area contributed by atoms with Crippen molar-refractivity contribution in [3.8, 4) is 12.3 Å². The number of aromatic nitrogens is 2. The van der Waals surface area contributed by atoms with E-state index in [0.29, 0.717) is 50.1 Å². The number of alkyl halides is 6. The van der Waals surface area contributed by atoms with Gasteiger partial charge in [0.15, 0.2) is 5.78 Å². The van der Waals surface area contributed by atoms with Crippen LogP contribution in [0, 0.1) is 12.3 Å². The molecule has 0 spiro atoms. The van der Waals surface area contributed by atoms with Crippen molar-refractivity contribution in [3.05, 3.63) is 52.3 Å². The van der Waals surface area contributed by atoms with Gasteiger partial charge < -0.3 is 9.64 Å². The van der Waals surface area contributed by atoms with E-state index in [9.17, 15) is 35.9 Å². The lowest BCUT2D eigenvalue weighted by atomic mass is 10.1. The molecule has 0 radical (unpaired) electrons. The molecule has 0 saturated heterocycles. The highest BCUT2D eigenvalue weighted by Gasteiger charge is 2.37. The van der Waals surface area contributed by atoms with Gasteiger partial charge >= 0.3 is 18.4 Å². The number of benzene rings is 1. The Kier molecular flexibility index (Phi) is 8.89. The smallest absolute Gasteiger partial charge is 0.416 e. The molecule has 37 heavy (non-hydrogen) atoms. The number of unbranched alkanes of at least 4 members (excludes halogenated alkanes) is 3. The zero-order chi connectivity index (χ0) is 27.2. The first-order valence-corrected chi connectivity index (χ1v) is 11.6. The maximum absolute atomic E-state index is 13.1.